The molecule has 2 amide bonds. The van der Waals surface area contributed by atoms with Gasteiger partial charge >= 0.3 is 0 Å². The normalized spacial score (nSPS) is 15.8. The maximum Gasteiger partial charge on any atom is 0.254 e. The Hall–Kier alpha value is -2.93. The Kier molecular flexibility index (Phi) is 6.49. The van der Waals surface area contributed by atoms with Crippen molar-refractivity contribution in [3.8, 4) is 5.75 Å². The average Bonchev–Trinajstić information content (AvgIpc) is 3.25. The Morgan fingerprint density at radius 2 is 2.14 bits per heavy atom. The number of amides is 2. The highest BCUT2D eigenvalue weighted by Crippen LogP contribution is 2.25. The molecule has 1 aromatic heterocycles. The Morgan fingerprint density at radius 1 is 1.34 bits per heavy atom. The van der Waals surface area contributed by atoms with Crippen molar-refractivity contribution in [2.45, 2.75) is 39.3 Å². The van der Waals surface area contributed by atoms with Gasteiger partial charge < -0.3 is 19.7 Å². The van der Waals surface area contributed by atoms with Crippen LogP contribution in [0.3, 0.4) is 0 Å². The van der Waals surface area contributed by atoms with E-state index in [9.17, 15) is 9.59 Å². The fraction of sp³-hybridized carbons (Fsp3) is 0.409. The molecule has 0 bridgehead atoms. The minimum atomic E-state index is -0.414. The molecule has 2 aromatic rings. The van der Waals surface area contributed by atoms with Gasteiger partial charge in [0.05, 0.1) is 19.3 Å². The second-order valence-electron chi connectivity index (χ2n) is 7.28. The predicted octanol–water partition coefficient (Wildman–Crippen LogP) is 3.10. The number of hydrogen-bond donors (Lipinski definition) is 1. The van der Waals surface area contributed by atoms with Crippen molar-refractivity contribution in [3.63, 3.8) is 0 Å². The van der Waals surface area contributed by atoms with Gasteiger partial charge in [-0.15, -0.1) is 0 Å². The highest BCUT2D eigenvalue weighted by molar-refractivity contribution is 5.98. The number of benzene rings is 1. The average molecular weight is 397 g/mol. The summed E-state index contributed by atoms with van der Waals surface area (Å²) in [5.74, 6) is 0.459. The molecule has 0 aliphatic carbocycles. The van der Waals surface area contributed by atoms with E-state index in [-0.39, 0.29) is 11.8 Å². The zero-order valence-corrected chi connectivity index (χ0v) is 17.3. The molecule has 0 saturated carbocycles. The van der Waals surface area contributed by atoms with E-state index in [2.05, 4.69) is 10.3 Å². The first-order valence-corrected chi connectivity index (χ1v) is 9.67. The van der Waals surface area contributed by atoms with Crippen LogP contribution in [-0.2, 0) is 16.1 Å². The zero-order valence-electron chi connectivity index (χ0n) is 17.3. The van der Waals surface area contributed by atoms with Gasteiger partial charge in [-0.3, -0.25) is 14.6 Å². The number of aryl methyl sites for hydroxylation is 1. The first-order chi connectivity index (χ1) is 13.9. The smallest absolute Gasteiger partial charge is 0.254 e. The second kappa shape index (κ2) is 9.05. The number of methoxy groups -OCH3 is 1. The van der Waals surface area contributed by atoms with Gasteiger partial charge in [0.25, 0.3) is 11.8 Å². The molecule has 1 N–H and O–H groups in total. The van der Waals surface area contributed by atoms with Gasteiger partial charge in [-0.1, -0.05) is 6.07 Å². The molecule has 0 spiro atoms. The van der Waals surface area contributed by atoms with E-state index >= 15 is 0 Å². The van der Waals surface area contributed by atoms with Crippen LogP contribution in [0.15, 0.2) is 30.5 Å². The lowest BCUT2D eigenvalue weighted by Crippen LogP contribution is -2.28. The highest BCUT2D eigenvalue weighted by Gasteiger charge is 2.24. The number of carbonyl (C=O) groups is 2. The van der Waals surface area contributed by atoms with Crippen LogP contribution in [0.5, 0.6) is 5.75 Å². The molecular weight excluding hydrogens is 370 g/mol. The fourth-order valence-corrected chi connectivity index (χ4v) is 3.48. The van der Waals surface area contributed by atoms with Crippen molar-refractivity contribution >= 4 is 17.5 Å². The van der Waals surface area contributed by atoms with Crippen molar-refractivity contribution in [1.29, 1.82) is 0 Å². The molecule has 29 heavy (non-hydrogen) atoms. The Labute approximate surface area is 171 Å². The van der Waals surface area contributed by atoms with Crippen molar-refractivity contribution < 1.29 is 19.1 Å². The zero-order chi connectivity index (χ0) is 21.0. The van der Waals surface area contributed by atoms with Gasteiger partial charge in [0, 0.05) is 42.2 Å². The molecule has 3 rings (SSSR count). The van der Waals surface area contributed by atoms with Gasteiger partial charge in [-0.05, 0) is 44.9 Å². The monoisotopic (exact) mass is 397 g/mol. The topological polar surface area (TPSA) is 80.8 Å². The summed E-state index contributed by atoms with van der Waals surface area (Å²) in [4.78, 5) is 31.2. The van der Waals surface area contributed by atoms with E-state index in [0.29, 0.717) is 24.4 Å². The summed E-state index contributed by atoms with van der Waals surface area (Å²) in [5.41, 5.74) is 3.73. The standard InChI is InChI=1S/C22H27N3O4/c1-14-12-23-18(15(2)20(14)28-4)13-25(3)22(27)16-7-5-8-17(11-16)24-21(26)19-9-6-10-29-19/h5,7-8,11-12,19H,6,9-10,13H2,1-4H3,(H,24,26). The summed E-state index contributed by atoms with van der Waals surface area (Å²) in [6, 6.07) is 6.93. The van der Waals surface area contributed by atoms with Crippen LogP contribution in [0.25, 0.3) is 0 Å². The van der Waals surface area contributed by atoms with E-state index in [0.717, 1.165) is 35.4 Å². The van der Waals surface area contributed by atoms with Crippen LogP contribution in [0, 0.1) is 13.8 Å². The Morgan fingerprint density at radius 3 is 2.83 bits per heavy atom. The third kappa shape index (κ3) is 4.74. The quantitative estimate of drug-likeness (QED) is 0.810. The molecule has 2 heterocycles. The lowest BCUT2D eigenvalue weighted by atomic mass is 10.1. The number of anilines is 1. The summed E-state index contributed by atoms with van der Waals surface area (Å²) in [6.07, 6.45) is 2.95. The predicted molar refractivity (Wildman–Crippen MR) is 110 cm³/mol. The molecule has 1 saturated heterocycles. The van der Waals surface area contributed by atoms with Gasteiger partial charge in [-0.2, -0.15) is 0 Å². The molecule has 1 fully saturated rings. The Balaban J connectivity index is 1.70. The maximum absolute atomic E-state index is 12.9. The molecule has 0 radical (unpaired) electrons. The number of aromatic nitrogens is 1. The molecule has 1 aromatic carbocycles. The first kappa shape index (κ1) is 20.8. The minimum Gasteiger partial charge on any atom is -0.496 e. The molecule has 7 nitrogen and oxygen atoms in total. The number of hydrogen-bond acceptors (Lipinski definition) is 5. The lowest BCUT2D eigenvalue weighted by molar-refractivity contribution is -0.124. The lowest BCUT2D eigenvalue weighted by Gasteiger charge is -2.20. The molecule has 154 valence electrons. The SMILES string of the molecule is COc1c(C)cnc(CN(C)C(=O)c2cccc(NC(=O)C3CCCO3)c2)c1C. The molecule has 7 heteroatoms. The summed E-state index contributed by atoms with van der Waals surface area (Å²) in [6.45, 7) is 4.84. The van der Waals surface area contributed by atoms with E-state index in [1.807, 2.05) is 13.8 Å². The number of carbonyl (C=O) groups excluding carboxylic acids is 2. The first-order valence-electron chi connectivity index (χ1n) is 9.67. The number of rotatable bonds is 6. The number of nitrogens with one attached hydrogen (secondary N) is 1. The van der Waals surface area contributed by atoms with Crippen LogP contribution in [0.2, 0.25) is 0 Å². The summed E-state index contributed by atoms with van der Waals surface area (Å²) >= 11 is 0. The Bertz CT molecular complexity index is 907. The van der Waals surface area contributed by atoms with Gasteiger partial charge in [-0.25, -0.2) is 0 Å². The number of ether oxygens (including phenoxy) is 2. The van der Waals surface area contributed by atoms with Crippen LogP contribution in [-0.4, -0.2) is 48.6 Å². The van der Waals surface area contributed by atoms with Crippen molar-refractivity contribution in [2.75, 3.05) is 26.1 Å². The van der Waals surface area contributed by atoms with E-state index in [1.165, 1.54) is 0 Å². The van der Waals surface area contributed by atoms with E-state index in [4.69, 9.17) is 9.47 Å². The van der Waals surface area contributed by atoms with Crippen LogP contribution in [0.4, 0.5) is 5.69 Å². The number of nitrogens with zero attached hydrogens (tertiary/aromatic N) is 2. The minimum absolute atomic E-state index is 0.154. The summed E-state index contributed by atoms with van der Waals surface area (Å²) in [7, 11) is 3.36. The summed E-state index contributed by atoms with van der Waals surface area (Å²) < 4.78 is 10.8. The number of pyridine rings is 1. The van der Waals surface area contributed by atoms with Gasteiger partial charge in [0.2, 0.25) is 0 Å². The van der Waals surface area contributed by atoms with E-state index < -0.39 is 6.10 Å². The molecule has 1 atom stereocenters. The van der Waals surface area contributed by atoms with Crippen LogP contribution < -0.4 is 10.1 Å². The van der Waals surface area contributed by atoms with Gasteiger partial charge in [0.15, 0.2) is 0 Å². The van der Waals surface area contributed by atoms with E-state index in [1.54, 1.807) is 49.5 Å². The van der Waals surface area contributed by atoms with Crippen LogP contribution >= 0.6 is 0 Å². The highest BCUT2D eigenvalue weighted by atomic mass is 16.5. The van der Waals surface area contributed by atoms with Crippen LogP contribution in [0.1, 0.15) is 40.0 Å². The third-order valence-electron chi connectivity index (χ3n) is 5.08. The molecule has 1 unspecified atom stereocenters. The maximum atomic E-state index is 12.9. The third-order valence-corrected chi connectivity index (χ3v) is 5.08. The fourth-order valence-electron chi connectivity index (χ4n) is 3.48. The van der Waals surface area contributed by atoms with Crippen molar-refractivity contribution in [1.82, 2.24) is 9.88 Å². The molecule has 1 aliphatic rings. The van der Waals surface area contributed by atoms with Crippen molar-refractivity contribution in [2.24, 2.45) is 0 Å². The molecule has 1 aliphatic heterocycles. The second-order valence-corrected chi connectivity index (χ2v) is 7.28. The molecular formula is C22H27N3O4. The largest absolute Gasteiger partial charge is 0.496 e. The van der Waals surface area contributed by atoms with Crippen molar-refractivity contribution in [3.05, 3.63) is 52.8 Å². The summed E-state index contributed by atoms with van der Waals surface area (Å²) in [5, 5.41) is 2.83. The van der Waals surface area contributed by atoms with Gasteiger partial charge in [0.1, 0.15) is 11.9 Å².